The normalized spacial score (nSPS) is 11.9. The summed E-state index contributed by atoms with van der Waals surface area (Å²) in [6.07, 6.45) is -0.810. The number of nitro groups is 1. The van der Waals surface area contributed by atoms with Crippen LogP contribution in [0.25, 0.3) is 0 Å². The summed E-state index contributed by atoms with van der Waals surface area (Å²) in [5.74, 6) is -0.175. The van der Waals surface area contributed by atoms with Crippen LogP contribution >= 0.6 is 0 Å². The summed E-state index contributed by atoms with van der Waals surface area (Å²) in [6, 6.07) is 5.64. The Labute approximate surface area is 104 Å². The highest BCUT2D eigenvalue weighted by Gasteiger charge is 2.10. The first-order valence-electron chi connectivity index (χ1n) is 5.38. The van der Waals surface area contributed by atoms with Crippen molar-refractivity contribution in [3.05, 3.63) is 39.9 Å². The standard InChI is InChI=1S/C11H15N3O4/c1-12-11(16)7-13-6-10(15)8-2-4-9(5-3-8)14(17)18/h2-5,10,13,15H,6-7H2,1H3,(H,12,16). The molecule has 0 bridgehead atoms. The second-order valence-electron chi connectivity index (χ2n) is 3.67. The number of benzene rings is 1. The van der Waals surface area contributed by atoms with Crippen molar-refractivity contribution < 1.29 is 14.8 Å². The van der Waals surface area contributed by atoms with Gasteiger partial charge in [-0.15, -0.1) is 0 Å². The van der Waals surface area contributed by atoms with Gasteiger partial charge in [-0.05, 0) is 17.7 Å². The fraction of sp³-hybridized carbons (Fsp3) is 0.364. The molecule has 1 amide bonds. The number of aliphatic hydroxyl groups is 1. The second-order valence-corrected chi connectivity index (χ2v) is 3.67. The third-order valence-corrected chi connectivity index (χ3v) is 2.39. The van der Waals surface area contributed by atoms with E-state index >= 15 is 0 Å². The fourth-order valence-electron chi connectivity index (χ4n) is 1.35. The van der Waals surface area contributed by atoms with Gasteiger partial charge in [0, 0.05) is 25.7 Å². The molecule has 18 heavy (non-hydrogen) atoms. The van der Waals surface area contributed by atoms with E-state index in [2.05, 4.69) is 10.6 Å². The van der Waals surface area contributed by atoms with Gasteiger partial charge in [0.2, 0.25) is 5.91 Å². The number of rotatable bonds is 6. The molecule has 0 heterocycles. The minimum Gasteiger partial charge on any atom is -0.387 e. The predicted molar refractivity (Wildman–Crippen MR) is 65.0 cm³/mol. The van der Waals surface area contributed by atoms with Gasteiger partial charge in [0.15, 0.2) is 0 Å². The van der Waals surface area contributed by atoms with Crippen molar-refractivity contribution >= 4 is 11.6 Å². The van der Waals surface area contributed by atoms with E-state index in [1.807, 2.05) is 0 Å². The van der Waals surface area contributed by atoms with Crippen molar-refractivity contribution in [2.75, 3.05) is 20.1 Å². The first-order chi connectivity index (χ1) is 8.54. The summed E-state index contributed by atoms with van der Waals surface area (Å²) < 4.78 is 0. The number of carbonyl (C=O) groups excluding carboxylic acids is 1. The molecule has 1 aromatic carbocycles. The van der Waals surface area contributed by atoms with Crippen LogP contribution in [0.4, 0.5) is 5.69 Å². The van der Waals surface area contributed by atoms with Crippen LogP contribution in [0.1, 0.15) is 11.7 Å². The minimum atomic E-state index is -0.810. The molecule has 7 heteroatoms. The first kappa shape index (κ1) is 14.1. The van der Waals surface area contributed by atoms with Gasteiger partial charge in [0.1, 0.15) is 0 Å². The average molecular weight is 253 g/mol. The Bertz CT molecular complexity index is 419. The molecule has 0 spiro atoms. The van der Waals surface area contributed by atoms with Crippen LogP contribution in [-0.4, -0.2) is 36.1 Å². The Morgan fingerprint density at radius 3 is 2.56 bits per heavy atom. The van der Waals surface area contributed by atoms with Crippen LogP contribution in [-0.2, 0) is 4.79 Å². The van der Waals surface area contributed by atoms with Crippen molar-refractivity contribution in [3.8, 4) is 0 Å². The van der Waals surface area contributed by atoms with E-state index in [0.29, 0.717) is 5.56 Å². The summed E-state index contributed by atoms with van der Waals surface area (Å²) >= 11 is 0. The Balaban J connectivity index is 2.48. The summed E-state index contributed by atoms with van der Waals surface area (Å²) in [5, 5.41) is 25.4. The smallest absolute Gasteiger partial charge is 0.269 e. The fourth-order valence-corrected chi connectivity index (χ4v) is 1.35. The number of amides is 1. The van der Waals surface area contributed by atoms with Gasteiger partial charge in [-0.2, -0.15) is 0 Å². The molecule has 0 aliphatic rings. The number of likely N-dealkylation sites (N-methyl/N-ethyl adjacent to an activating group) is 1. The number of hydrogen-bond acceptors (Lipinski definition) is 5. The van der Waals surface area contributed by atoms with Crippen molar-refractivity contribution in [2.24, 2.45) is 0 Å². The highest BCUT2D eigenvalue weighted by atomic mass is 16.6. The second kappa shape index (κ2) is 6.67. The SMILES string of the molecule is CNC(=O)CNCC(O)c1ccc([N+](=O)[O-])cc1. The number of nitrogens with zero attached hydrogens (tertiary/aromatic N) is 1. The summed E-state index contributed by atoms with van der Waals surface area (Å²) in [6.45, 7) is 0.311. The summed E-state index contributed by atoms with van der Waals surface area (Å²) in [5.41, 5.74) is 0.536. The van der Waals surface area contributed by atoms with Crippen molar-refractivity contribution in [1.29, 1.82) is 0 Å². The Hall–Kier alpha value is -1.99. The van der Waals surface area contributed by atoms with E-state index in [4.69, 9.17) is 0 Å². The lowest BCUT2D eigenvalue weighted by Gasteiger charge is -2.11. The molecule has 0 saturated heterocycles. The number of hydrogen-bond donors (Lipinski definition) is 3. The number of nitrogens with one attached hydrogen (secondary N) is 2. The lowest BCUT2D eigenvalue weighted by Crippen LogP contribution is -2.33. The Kier molecular flexibility index (Phi) is 5.22. The molecule has 1 rings (SSSR count). The van der Waals surface area contributed by atoms with Gasteiger partial charge in [-0.25, -0.2) is 0 Å². The number of carbonyl (C=O) groups is 1. The number of nitro benzene ring substituents is 1. The maximum atomic E-state index is 10.9. The molecule has 7 nitrogen and oxygen atoms in total. The van der Waals surface area contributed by atoms with Gasteiger partial charge in [0.05, 0.1) is 17.6 Å². The zero-order valence-corrected chi connectivity index (χ0v) is 9.92. The third kappa shape index (κ3) is 4.11. The van der Waals surface area contributed by atoms with E-state index in [1.54, 1.807) is 0 Å². The van der Waals surface area contributed by atoms with Crippen LogP contribution in [0.2, 0.25) is 0 Å². The molecule has 3 N–H and O–H groups in total. The number of non-ortho nitro benzene ring substituents is 1. The minimum absolute atomic E-state index is 0.0238. The first-order valence-corrected chi connectivity index (χ1v) is 5.38. The Morgan fingerprint density at radius 1 is 1.44 bits per heavy atom. The van der Waals surface area contributed by atoms with Crippen LogP contribution < -0.4 is 10.6 Å². The monoisotopic (exact) mass is 253 g/mol. The van der Waals surface area contributed by atoms with Crippen LogP contribution in [0.5, 0.6) is 0 Å². The highest BCUT2D eigenvalue weighted by Crippen LogP contribution is 2.16. The molecule has 0 radical (unpaired) electrons. The van der Waals surface area contributed by atoms with Gasteiger partial charge < -0.3 is 15.7 Å². The summed E-state index contributed by atoms with van der Waals surface area (Å²) in [4.78, 5) is 20.9. The maximum absolute atomic E-state index is 10.9. The third-order valence-electron chi connectivity index (χ3n) is 2.39. The molecular weight excluding hydrogens is 238 g/mol. The van der Waals surface area contributed by atoms with Gasteiger partial charge in [0.25, 0.3) is 5.69 Å². The molecular formula is C11H15N3O4. The average Bonchev–Trinajstić information content (AvgIpc) is 2.38. The largest absolute Gasteiger partial charge is 0.387 e. The molecule has 0 aliphatic heterocycles. The van der Waals surface area contributed by atoms with Gasteiger partial charge in [-0.3, -0.25) is 14.9 Å². The number of aliphatic hydroxyl groups excluding tert-OH is 1. The predicted octanol–water partition coefficient (Wildman–Crippen LogP) is -0.0362. The zero-order valence-electron chi connectivity index (χ0n) is 9.92. The van der Waals surface area contributed by atoms with Gasteiger partial charge in [-0.1, -0.05) is 0 Å². The van der Waals surface area contributed by atoms with Gasteiger partial charge >= 0.3 is 0 Å². The zero-order chi connectivity index (χ0) is 13.5. The summed E-state index contributed by atoms with van der Waals surface area (Å²) in [7, 11) is 1.52. The van der Waals surface area contributed by atoms with E-state index in [0.717, 1.165) is 0 Å². The molecule has 1 unspecified atom stereocenters. The maximum Gasteiger partial charge on any atom is 0.269 e. The van der Waals surface area contributed by atoms with Crippen molar-refractivity contribution in [2.45, 2.75) is 6.10 Å². The van der Waals surface area contributed by atoms with Crippen molar-refractivity contribution in [1.82, 2.24) is 10.6 Å². The van der Waals surface area contributed by atoms with E-state index < -0.39 is 11.0 Å². The van der Waals surface area contributed by atoms with E-state index in [9.17, 15) is 20.0 Å². The molecule has 1 aromatic rings. The van der Waals surface area contributed by atoms with Crippen LogP contribution in [0, 0.1) is 10.1 Å². The van der Waals surface area contributed by atoms with E-state index in [1.165, 1.54) is 31.3 Å². The van der Waals surface area contributed by atoms with Crippen LogP contribution in [0.15, 0.2) is 24.3 Å². The van der Waals surface area contributed by atoms with Crippen LogP contribution in [0.3, 0.4) is 0 Å². The topological polar surface area (TPSA) is 104 Å². The van der Waals surface area contributed by atoms with Crippen molar-refractivity contribution in [3.63, 3.8) is 0 Å². The Morgan fingerprint density at radius 2 is 2.06 bits per heavy atom. The lowest BCUT2D eigenvalue weighted by molar-refractivity contribution is -0.384. The molecule has 0 aliphatic carbocycles. The molecule has 1 atom stereocenters. The lowest BCUT2D eigenvalue weighted by atomic mass is 10.1. The molecule has 0 aromatic heterocycles. The molecule has 0 fully saturated rings. The highest BCUT2D eigenvalue weighted by molar-refractivity contribution is 5.77. The quantitative estimate of drug-likeness (QED) is 0.487. The molecule has 0 saturated carbocycles. The molecule has 98 valence electrons. The van der Waals surface area contributed by atoms with E-state index in [-0.39, 0.29) is 24.7 Å².